The van der Waals surface area contributed by atoms with Gasteiger partial charge in [-0.2, -0.15) is 0 Å². The maximum atomic E-state index is 11.9. The molecule has 5 heteroatoms. The third-order valence-electron chi connectivity index (χ3n) is 3.06. The van der Waals surface area contributed by atoms with Crippen LogP contribution in [0, 0.1) is 0 Å². The van der Waals surface area contributed by atoms with Crippen LogP contribution in [0.15, 0.2) is 0 Å². The summed E-state index contributed by atoms with van der Waals surface area (Å²) in [4.78, 5) is 14.1. The quantitative estimate of drug-likeness (QED) is 0.625. The molecular weight excluding hydrogens is 196 g/mol. The monoisotopic (exact) mass is 214 g/mol. The van der Waals surface area contributed by atoms with Crippen LogP contribution in [0.5, 0.6) is 0 Å². The maximum Gasteiger partial charge on any atom is 0.331 e. The largest absolute Gasteiger partial charge is 0.464 e. The average Bonchev–Trinajstić information content (AvgIpc) is 2.18. The van der Waals surface area contributed by atoms with Gasteiger partial charge >= 0.3 is 5.97 Å². The predicted molar refractivity (Wildman–Crippen MR) is 54.6 cm³/mol. The summed E-state index contributed by atoms with van der Waals surface area (Å²) >= 11 is 0. The summed E-state index contributed by atoms with van der Waals surface area (Å²) in [5.74, 6) is -0.127. The van der Waals surface area contributed by atoms with E-state index in [0.717, 1.165) is 26.2 Å². The van der Waals surface area contributed by atoms with Crippen LogP contribution in [0.3, 0.4) is 0 Å². The Labute approximate surface area is 89.7 Å². The van der Waals surface area contributed by atoms with E-state index >= 15 is 0 Å². The molecule has 0 bridgehead atoms. The van der Waals surface area contributed by atoms with Gasteiger partial charge in [0, 0.05) is 26.2 Å². The first-order chi connectivity index (χ1) is 7.29. The van der Waals surface area contributed by atoms with Crippen molar-refractivity contribution in [2.24, 2.45) is 0 Å². The van der Waals surface area contributed by atoms with Gasteiger partial charge in [-0.05, 0) is 6.92 Å². The molecule has 2 aliphatic rings. The lowest BCUT2D eigenvalue weighted by atomic mass is 9.94. The second kappa shape index (κ2) is 4.47. The third kappa shape index (κ3) is 1.87. The number of carbonyl (C=O) groups is 1. The van der Waals surface area contributed by atoms with Crippen molar-refractivity contribution >= 4 is 5.97 Å². The number of ether oxygens (including phenoxy) is 2. The Morgan fingerprint density at radius 1 is 1.47 bits per heavy atom. The van der Waals surface area contributed by atoms with Gasteiger partial charge in [0.15, 0.2) is 5.54 Å². The number of hydrogen-bond acceptors (Lipinski definition) is 5. The van der Waals surface area contributed by atoms with Crippen molar-refractivity contribution in [1.82, 2.24) is 10.2 Å². The fraction of sp³-hybridized carbons (Fsp3) is 0.900. The minimum Gasteiger partial charge on any atom is -0.464 e. The molecule has 0 atom stereocenters. The molecule has 0 aliphatic carbocycles. The minimum absolute atomic E-state index is 0.127. The molecule has 0 radical (unpaired) electrons. The molecule has 2 fully saturated rings. The van der Waals surface area contributed by atoms with Crippen molar-refractivity contribution in [1.29, 1.82) is 0 Å². The Bertz CT molecular complexity index is 235. The summed E-state index contributed by atoms with van der Waals surface area (Å²) in [6, 6.07) is 0. The van der Waals surface area contributed by atoms with E-state index in [2.05, 4.69) is 10.2 Å². The number of piperazine rings is 1. The minimum atomic E-state index is -0.488. The van der Waals surface area contributed by atoms with Crippen LogP contribution >= 0.6 is 0 Å². The highest BCUT2D eigenvalue weighted by atomic mass is 16.6. The van der Waals surface area contributed by atoms with E-state index in [1.54, 1.807) is 0 Å². The molecule has 2 saturated heterocycles. The lowest BCUT2D eigenvalue weighted by molar-refractivity contribution is -0.193. The van der Waals surface area contributed by atoms with Gasteiger partial charge in [0.2, 0.25) is 0 Å². The van der Waals surface area contributed by atoms with Crippen LogP contribution in [0.4, 0.5) is 0 Å². The molecule has 0 spiro atoms. The fourth-order valence-corrected chi connectivity index (χ4v) is 2.08. The van der Waals surface area contributed by atoms with Gasteiger partial charge in [0.25, 0.3) is 0 Å². The van der Waals surface area contributed by atoms with E-state index in [0.29, 0.717) is 19.8 Å². The van der Waals surface area contributed by atoms with E-state index in [1.165, 1.54) is 0 Å². The summed E-state index contributed by atoms with van der Waals surface area (Å²) in [5, 5.41) is 3.27. The van der Waals surface area contributed by atoms with Crippen LogP contribution in [-0.4, -0.2) is 62.4 Å². The van der Waals surface area contributed by atoms with Crippen molar-refractivity contribution < 1.29 is 14.3 Å². The molecule has 2 aliphatic heterocycles. The number of carbonyl (C=O) groups excluding carboxylic acids is 1. The molecule has 1 N–H and O–H groups in total. The second-order valence-corrected chi connectivity index (χ2v) is 3.98. The zero-order valence-corrected chi connectivity index (χ0v) is 9.12. The van der Waals surface area contributed by atoms with Gasteiger partial charge in [0.1, 0.15) is 0 Å². The Morgan fingerprint density at radius 2 is 2.13 bits per heavy atom. The van der Waals surface area contributed by atoms with Gasteiger partial charge in [-0.3, -0.25) is 4.90 Å². The smallest absolute Gasteiger partial charge is 0.331 e. The van der Waals surface area contributed by atoms with E-state index in [9.17, 15) is 4.79 Å². The van der Waals surface area contributed by atoms with Crippen molar-refractivity contribution in [3.05, 3.63) is 0 Å². The molecule has 15 heavy (non-hydrogen) atoms. The average molecular weight is 214 g/mol. The summed E-state index contributed by atoms with van der Waals surface area (Å²) in [6.07, 6.45) is 0. The van der Waals surface area contributed by atoms with Crippen LogP contribution in [0.25, 0.3) is 0 Å². The van der Waals surface area contributed by atoms with Crippen LogP contribution < -0.4 is 5.32 Å². The van der Waals surface area contributed by atoms with Crippen LogP contribution in [-0.2, 0) is 14.3 Å². The maximum absolute atomic E-state index is 11.9. The molecule has 0 amide bonds. The molecule has 86 valence electrons. The standard InChI is InChI=1S/C10H18N2O3/c1-2-15-9(13)10(7-14-8-10)12-5-3-11-4-6-12/h11H,2-8H2,1H3. The van der Waals surface area contributed by atoms with Gasteiger partial charge in [-0.25, -0.2) is 4.79 Å². The highest BCUT2D eigenvalue weighted by Gasteiger charge is 2.52. The van der Waals surface area contributed by atoms with E-state index in [1.807, 2.05) is 6.92 Å². The van der Waals surface area contributed by atoms with Gasteiger partial charge in [-0.15, -0.1) is 0 Å². The first-order valence-electron chi connectivity index (χ1n) is 5.50. The Balaban J connectivity index is 2.03. The first kappa shape index (κ1) is 10.9. The molecular formula is C10H18N2O3. The molecule has 0 unspecified atom stereocenters. The highest BCUT2D eigenvalue weighted by molar-refractivity contribution is 5.82. The predicted octanol–water partition coefficient (Wildman–Crippen LogP) is -0.776. The lowest BCUT2D eigenvalue weighted by Gasteiger charge is -2.48. The molecule has 5 nitrogen and oxygen atoms in total. The van der Waals surface area contributed by atoms with E-state index < -0.39 is 5.54 Å². The third-order valence-corrected chi connectivity index (χ3v) is 3.06. The lowest BCUT2D eigenvalue weighted by Crippen LogP contribution is -2.70. The normalized spacial score (nSPS) is 25.7. The summed E-state index contributed by atoms with van der Waals surface area (Å²) in [5.41, 5.74) is -0.488. The topological polar surface area (TPSA) is 50.8 Å². The molecule has 0 aromatic heterocycles. The van der Waals surface area contributed by atoms with Gasteiger partial charge in [-0.1, -0.05) is 0 Å². The number of hydrogen-bond donors (Lipinski definition) is 1. The van der Waals surface area contributed by atoms with Gasteiger partial charge in [0.05, 0.1) is 19.8 Å². The van der Waals surface area contributed by atoms with Gasteiger partial charge < -0.3 is 14.8 Å². The summed E-state index contributed by atoms with van der Waals surface area (Å²) in [7, 11) is 0. The Hall–Kier alpha value is -0.650. The zero-order chi connectivity index (χ0) is 10.7. The number of nitrogens with zero attached hydrogens (tertiary/aromatic N) is 1. The molecule has 0 saturated carbocycles. The molecule has 0 aromatic rings. The molecule has 2 heterocycles. The first-order valence-corrected chi connectivity index (χ1v) is 5.50. The summed E-state index contributed by atoms with van der Waals surface area (Å²) < 4.78 is 10.3. The fourth-order valence-electron chi connectivity index (χ4n) is 2.08. The Kier molecular flexibility index (Phi) is 3.23. The number of nitrogens with one attached hydrogen (secondary N) is 1. The highest BCUT2D eigenvalue weighted by Crippen LogP contribution is 2.27. The van der Waals surface area contributed by atoms with E-state index in [-0.39, 0.29) is 5.97 Å². The molecule has 0 aromatic carbocycles. The van der Waals surface area contributed by atoms with E-state index in [4.69, 9.17) is 9.47 Å². The van der Waals surface area contributed by atoms with Crippen molar-refractivity contribution in [2.45, 2.75) is 12.5 Å². The van der Waals surface area contributed by atoms with Crippen LogP contribution in [0.2, 0.25) is 0 Å². The van der Waals surface area contributed by atoms with Crippen molar-refractivity contribution in [3.63, 3.8) is 0 Å². The Morgan fingerprint density at radius 3 is 2.60 bits per heavy atom. The van der Waals surface area contributed by atoms with Crippen molar-refractivity contribution in [3.8, 4) is 0 Å². The second-order valence-electron chi connectivity index (χ2n) is 3.98. The zero-order valence-electron chi connectivity index (χ0n) is 9.12. The SMILES string of the molecule is CCOC(=O)C1(N2CCNCC2)COC1. The summed E-state index contributed by atoms with van der Waals surface area (Å²) in [6.45, 7) is 6.87. The van der Waals surface area contributed by atoms with Crippen molar-refractivity contribution in [2.75, 3.05) is 46.0 Å². The molecule has 2 rings (SSSR count). The number of rotatable bonds is 3. The van der Waals surface area contributed by atoms with Crippen LogP contribution in [0.1, 0.15) is 6.92 Å². The number of esters is 1.